The average molecular weight is 381 g/mol. The minimum absolute atomic E-state index is 0.0504. The fourth-order valence-corrected chi connectivity index (χ4v) is 3.69. The summed E-state index contributed by atoms with van der Waals surface area (Å²) < 4.78 is 0. The first kappa shape index (κ1) is 18.2. The average Bonchev–Trinajstić information content (AvgIpc) is 3.08. The lowest BCUT2D eigenvalue weighted by Crippen LogP contribution is -2.40. The number of hydrogen-bond donors (Lipinski definition) is 2. The molecule has 0 bridgehead atoms. The molecule has 28 heavy (non-hydrogen) atoms. The molecule has 1 amide bonds. The lowest BCUT2D eigenvalue weighted by Gasteiger charge is -2.30. The van der Waals surface area contributed by atoms with Gasteiger partial charge in [-0.25, -0.2) is 9.78 Å². The van der Waals surface area contributed by atoms with Crippen LogP contribution in [-0.4, -0.2) is 51.7 Å². The van der Waals surface area contributed by atoms with Gasteiger partial charge in [0.15, 0.2) is 12.3 Å². The molecule has 0 atom stereocenters. The van der Waals surface area contributed by atoms with Crippen molar-refractivity contribution < 1.29 is 9.63 Å². The van der Waals surface area contributed by atoms with Gasteiger partial charge in [0, 0.05) is 18.5 Å². The Morgan fingerprint density at radius 1 is 1.29 bits per heavy atom. The molecular formula is C20H23N5O3. The molecule has 1 fully saturated rings. The number of pyridine rings is 1. The van der Waals surface area contributed by atoms with Gasteiger partial charge >= 0.3 is 5.69 Å². The van der Waals surface area contributed by atoms with Crippen molar-refractivity contribution in [3.05, 3.63) is 40.3 Å². The molecule has 3 aromatic rings. The van der Waals surface area contributed by atoms with Gasteiger partial charge in [-0.2, -0.15) is 0 Å². The smallest absolute Gasteiger partial charge is 0.325 e. The Kier molecular flexibility index (Phi) is 5.10. The topological polar surface area (TPSA) is 103 Å². The van der Waals surface area contributed by atoms with Crippen LogP contribution in [0, 0.1) is 0 Å². The monoisotopic (exact) mass is 381 g/mol. The minimum atomic E-state index is -0.282. The fourth-order valence-electron chi connectivity index (χ4n) is 3.69. The van der Waals surface area contributed by atoms with E-state index in [0.717, 1.165) is 29.3 Å². The second-order valence-electron chi connectivity index (χ2n) is 7.22. The summed E-state index contributed by atoms with van der Waals surface area (Å²) in [4.78, 5) is 40.4. The van der Waals surface area contributed by atoms with Crippen molar-refractivity contribution in [3.63, 3.8) is 0 Å². The maximum absolute atomic E-state index is 12.2. The molecule has 0 radical (unpaired) electrons. The first-order valence-electron chi connectivity index (χ1n) is 9.54. The van der Waals surface area contributed by atoms with Crippen molar-refractivity contribution in [2.24, 2.45) is 5.16 Å². The third kappa shape index (κ3) is 3.90. The Balaban J connectivity index is 1.38. The van der Waals surface area contributed by atoms with Crippen LogP contribution in [0.2, 0.25) is 0 Å². The van der Waals surface area contributed by atoms with E-state index >= 15 is 0 Å². The second-order valence-corrected chi connectivity index (χ2v) is 7.22. The molecule has 4 rings (SSSR count). The summed E-state index contributed by atoms with van der Waals surface area (Å²) in [5, 5.41) is 4.80. The number of imidazole rings is 1. The van der Waals surface area contributed by atoms with E-state index in [2.05, 4.69) is 20.1 Å². The summed E-state index contributed by atoms with van der Waals surface area (Å²) in [5.74, 6) is -0.0504. The number of hydrogen-bond acceptors (Lipinski definition) is 5. The summed E-state index contributed by atoms with van der Waals surface area (Å²) >= 11 is 0. The Bertz CT molecular complexity index is 1080. The lowest BCUT2D eigenvalue weighted by molar-refractivity contribution is -0.137. The highest BCUT2D eigenvalue weighted by atomic mass is 16.6. The number of carbonyl (C=O) groups excluding carboxylic acids is 1. The fraction of sp³-hybridized carbons (Fsp3) is 0.400. The maximum Gasteiger partial charge on any atom is 0.325 e. The molecule has 1 aliphatic carbocycles. The zero-order valence-electron chi connectivity index (χ0n) is 15.8. The van der Waals surface area contributed by atoms with Crippen LogP contribution in [0.4, 0.5) is 0 Å². The second kappa shape index (κ2) is 7.84. The number of fused-ring (bicyclic) bond motifs is 2. The number of aromatic amines is 2. The number of benzene rings is 1. The van der Waals surface area contributed by atoms with Crippen molar-refractivity contribution in [3.8, 4) is 0 Å². The highest BCUT2D eigenvalue weighted by Crippen LogP contribution is 2.21. The molecule has 2 heterocycles. The van der Waals surface area contributed by atoms with Gasteiger partial charge < -0.3 is 14.7 Å². The normalized spacial score (nSPS) is 15.5. The molecular weight excluding hydrogens is 358 g/mol. The van der Waals surface area contributed by atoms with Crippen LogP contribution in [0.25, 0.3) is 22.1 Å². The summed E-state index contributed by atoms with van der Waals surface area (Å²) in [6, 6.07) is 7.78. The third-order valence-corrected chi connectivity index (χ3v) is 5.30. The predicted octanol–water partition coefficient (Wildman–Crippen LogP) is 2.55. The number of amides is 1. The molecule has 8 nitrogen and oxygen atoms in total. The largest absolute Gasteiger partial charge is 0.386 e. The van der Waals surface area contributed by atoms with Gasteiger partial charge in [0.2, 0.25) is 0 Å². The van der Waals surface area contributed by atoms with Crippen LogP contribution < -0.4 is 5.69 Å². The van der Waals surface area contributed by atoms with Gasteiger partial charge in [-0.05, 0) is 36.6 Å². The van der Waals surface area contributed by atoms with Crippen LogP contribution in [0.3, 0.4) is 0 Å². The van der Waals surface area contributed by atoms with E-state index < -0.39 is 0 Å². The van der Waals surface area contributed by atoms with Crippen molar-refractivity contribution in [2.45, 2.75) is 38.1 Å². The Morgan fingerprint density at radius 3 is 2.93 bits per heavy atom. The van der Waals surface area contributed by atoms with Crippen molar-refractivity contribution in [1.82, 2.24) is 19.9 Å². The van der Waals surface area contributed by atoms with Crippen LogP contribution in [-0.2, 0) is 9.63 Å². The number of rotatable bonds is 5. The first-order chi connectivity index (χ1) is 13.6. The van der Waals surface area contributed by atoms with E-state index in [0.29, 0.717) is 17.2 Å². The number of H-pyrrole nitrogens is 2. The number of nitrogens with one attached hydrogen (secondary N) is 2. The molecule has 0 saturated heterocycles. The number of aromatic nitrogens is 3. The van der Waals surface area contributed by atoms with E-state index in [-0.39, 0.29) is 18.2 Å². The molecule has 1 aromatic carbocycles. The molecule has 2 N–H and O–H groups in total. The molecule has 1 aliphatic rings. The van der Waals surface area contributed by atoms with Gasteiger partial charge in [0.1, 0.15) is 0 Å². The SMILES string of the molecule is CN(C(=O)CON=Cc1ccc2nc3[nH]c(=O)[nH]c3cc2c1)C1CCCCC1. The molecule has 0 unspecified atom stereocenters. The summed E-state index contributed by atoms with van der Waals surface area (Å²) in [5.41, 5.74) is 2.49. The van der Waals surface area contributed by atoms with Crippen LogP contribution >= 0.6 is 0 Å². The maximum atomic E-state index is 12.2. The summed E-state index contributed by atoms with van der Waals surface area (Å²) in [6.07, 6.45) is 7.32. The van der Waals surface area contributed by atoms with E-state index in [1.807, 2.05) is 31.3 Å². The predicted molar refractivity (Wildman–Crippen MR) is 107 cm³/mol. The number of carbonyl (C=O) groups is 1. The first-order valence-corrected chi connectivity index (χ1v) is 9.54. The number of likely N-dealkylation sites (N-methyl/N-ethyl adjacent to an activating group) is 1. The minimum Gasteiger partial charge on any atom is -0.386 e. The highest BCUT2D eigenvalue weighted by Gasteiger charge is 2.22. The van der Waals surface area contributed by atoms with Crippen molar-refractivity contribution >= 4 is 34.2 Å². The van der Waals surface area contributed by atoms with Gasteiger partial charge in [-0.1, -0.05) is 30.5 Å². The Hall–Kier alpha value is -3.16. The van der Waals surface area contributed by atoms with Crippen LogP contribution in [0.5, 0.6) is 0 Å². The van der Waals surface area contributed by atoms with E-state index in [4.69, 9.17) is 4.84 Å². The summed E-state index contributed by atoms with van der Waals surface area (Å²) in [6.45, 7) is -0.0656. The zero-order chi connectivity index (χ0) is 19.5. The lowest BCUT2D eigenvalue weighted by atomic mass is 9.94. The van der Waals surface area contributed by atoms with E-state index in [1.54, 1.807) is 11.1 Å². The van der Waals surface area contributed by atoms with Gasteiger partial charge in [-0.15, -0.1) is 0 Å². The Labute approximate surface area is 161 Å². The molecule has 146 valence electrons. The highest BCUT2D eigenvalue weighted by molar-refractivity contribution is 5.93. The van der Waals surface area contributed by atoms with E-state index in [9.17, 15) is 9.59 Å². The zero-order valence-corrected chi connectivity index (χ0v) is 15.8. The van der Waals surface area contributed by atoms with Crippen LogP contribution in [0.15, 0.2) is 34.2 Å². The van der Waals surface area contributed by atoms with E-state index in [1.165, 1.54) is 19.3 Å². The molecule has 8 heteroatoms. The third-order valence-electron chi connectivity index (χ3n) is 5.30. The quantitative estimate of drug-likeness (QED) is 0.523. The van der Waals surface area contributed by atoms with Gasteiger partial charge in [0.05, 0.1) is 17.2 Å². The molecule has 2 aromatic heterocycles. The van der Waals surface area contributed by atoms with Crippen molar-refractivity contribution in [1.29, 1.82) is 0 Å². The van der Waals surface area contributed by atoms with Crippen LogP contribution in [0.1, 0.15) is 37.7 Å². The molecule has 0 aliphatic heterocycles. The standard InChI is InChI=1S/C20H23N5O3/c1-25(15-5-3-2-4-6-15)18(26)12-28-21-11-13-7-8-16-14(9-13)10-17-19(22-16)24-20(27)23-17/h7-11,15H,2-6,12H2,1H3,(H2,22,23,24,27). The molecule has 1 saturated carbocycles. The molecule has 0 spiro atoms. The number of nitrogens with zero attached hydrogens (tertiary/aromatic N) is 3. The summed E-state index contributed by atoms with van der Waals surface area (Å²) in [7, 11) is 1.84. The van der Waals surface area contributed by atoms with Crippen molar-refractivity contribution in [2.75, 3.05) is 13.7 Å². The van der Waals surface area contributed by atoms with Gasteiger partial charge in [0.25, 0.3) is 5.91 Å². The number of oxime groups is 1. The Morgan fingerprint density at radius 2 is 2.11 bits per heavy atom. The van der Waals surface area contributed by atoms with Gasteiger partial charge in [-0.3, -0.25) is 9.78 Å².